The van der Waals surface area contributed by atoms with Gasteiger partial charge in [-0.05, 0) is 6.07 Å². The first-order valence-corrected chi connectivity index (χ1v) is 8.16. The zero-order valence-electron chi connectivity index (χ0n) is 10.3. The fourth-order valence-corrected chi connectivity index (χ4v) is 4.26. The summed E-state index contributed by atoms with van der Waals surface area (Å²) in [4.78, 5) is 5.56. The van der Waals surface area contributed by atoms with Crippen molar-refractivity contribution in [1.82, 2.24) is 15.2 Å². The van der Waals surface area contributed by atoms with Gasteiger partial charge < -0.3 is 0 Å². The number of hydrogen-bond acceptors (Lipinski definition) is 4. The zero-order chi connectivity index (χ0) is 13.2. The molecule has 2 heterocycles. The minimum Gasteiger partial charge on any atom is -0.262 e. The second kappa shape index (κ2) is 5.53. The van der Waals surface area contributed by atoms with Crippen LogP contribution in [-0.4, -0.2) is 15.2 Å². The summed E-state index contributed by atoms with van der Waals surface area (Å²) in [5.41, 5.74) is 0. The molecule has 3 rings (SSSR count). The number of aromatic amines is 1. The van der Waals surface area contributed by atoms with Crippen molar-refractivity contribution < 1.29 is 0 Å². The van der Waals surface area contributed by atoms with Gasteiger partial charge in [0.15, 0.2) is 0 Å². The van der Waals surface area contributed by atoms with Crippen molar-refractivity contribution in [3.05, 3.63) is 40.0 Å². The molecule has 0 saturated carbocycles. The molecule has 19 heavy (non-hydrogen) atoms. The average Bonchev–Trinajstić information content (AvgIpc) is 3.02. The number of rotatable bonds is 4. The molecule has 1 N–H and O–H groups in total. The Balaban J connectivity index is 1.79. The van der Waals surface area contributed by atoms with Gasteiger partial charge in [0, 0.05) is 27.1 Å². The van der Waals surface area contributed by atoms with Crippen LogP contribution in [0.5, 0.6) is 0 Å². The van der Waals surface area contributed by atoms with Gasteiger partial charge in [0.05, 0.1) is 5.02 Å². The van der Waals surface area contributed by atoms with Crippen LogP contribution in [0.25, 0.3) is 10.1 Å². The second-order valence-corrected chi connectivity index (χ2v) is 6.50. The molecule has 0 bridgehead atoms. The Labute approximate surface area is 124 Å². The lowest BCUT2D eigenvalue weighted by Gasteiger charge is -1.94. The van der Waals surface area contributed by atoms with Gasteiger partial charge in [-0.1, -0.05) is 48.5 Å². The van der Waals surface area contributed by atoms with Crippen LogP contribution in [0.3, 0.4) is 0 Å². The Morgan fingerprint density at radius 1 is 1.37 bits per heavy atom. The lowest BCUT2D eigenvalue weighted by Crippen LogP contribution is -1.81. The molecule has 98 valence electrons. The molecule has 0 radical (unpaired) electrons. The molecular formula is C13H12ClN3S2. The van der Waals surface area contributed by atoms with Gasteiger partial charge in [0.1, 0.15) is 5.82 Å². The molecule has 2 aromatic heterocycles. The lowest BCUT2D eigenvalue weighted by atomic mass is 10.2. The van der Waals surface area contributed by atoms with Crippen molar-refractivity contribution in [2.24, 2.45) is 0 Å². The highest BCUT2D eigenvalue weighted by Crippen LogP contribution is 2.37. The highest BCUT2D eigenvalue weighted by molar-refractivity contribution is 7.98. The van der Waals surface area contributed by atoms with E-state index >= 15 is 0 Å². The third-order valence-corrected chi connectivity index (χ3v) is 5.55. The number of aryl methyl sites for hydroxylation is 1. The number of nitrogens with one attached hydrogen (secondary N) is 1. The molecule has 0 amide bonds. The maximum atomic E-state index is 6.40. The smallest absolute Gasteiger partial charge is 0.208 e. The number of aromatic nitrogens is 3. The molecule has 3 aromatic rings. The van der Waals surface area contributed by atoms with Crippen LogP contribution in [0.15, 0.2) is 29.4 Å². The van der Waals surface area contributed by atoms with Gasteiger partial charge in [0.25, 0.3) is 0 Å². The Bertz CT molecular complexity index is 705. The minimum absolute atomic E-state index is 0.783. The number of nitrogens with zero attached hydrogens (tertiary/aromatic N) is 2. The van der Waals surface area contributed by atoms with E-state index in [1.807, 2.05) is 12.1 Å². The van der Waals surface area contributed by atoms with E-state index in [9.17, 15) is 0 Å². The highest BCUT2D eigenvalue weighted by Gasteiger charge is 2.11. The fraction of sp³-hybridized carbons (Fsp3) is 0.231. The van der Waals surface area contributed by atoms with Crippen LogP contribution >= 0.6 is 34.7 Å². The monoisotopic (exact) mass is 309 g/mol. The van der Waals surface area contributed by atoms with Crippen molar-refractivity contribution in [1.29, 1.82) is 0 Å². The van der Waals surface area contributed by atoms with Crippen molar-refractivity contribution in [2.75, 3.05) is 0 Å². The number of fused-ring (bicyclic) bond motifs is 1. The summed E-state index contributed by atoms with van der Waals surface area (Å²) < 4.78 is 1.23. The quantitative estimate of drug-likeness (QED) is 0.720. The van der Waals surface area contributed by atoms with Gasteiger partial charge in [-0.3, -0.25) is 5.10 Å². The fourth-order valence-electron chi connectivity index (χ4n) is 1.79. The van der Waals surface area contributed by atoms with E-state index in [0.717, 1.165) is 33.6 Å². The van der Waals surface area contributed by atoms with Crippen LogP contribution in [0.2, 0.25) is 5.02 Å². The molecule has 0 unspecified atom stereocenters. The molecule has 0 fully saturated rings. The van der Waals surface area contributed by atoms with Crippen LogP contribution in [0.4, 0.5) is 0 Å². The maximum absolute atomic E-state index is 6.40. The van der Waals surface area contributed by atoms with E-state index in [-0.39, 0.29) is 0 Å². The molecule has 0 aliphatic heterocycles. The van der Waals surface area contributed by atoms with E-state index in [1.165, 1.54) is 9.58 Å². The molecule has 0 atom stereocenters. The topological polar surface area (TPSA) is 41.6 Å². The van der Waals surface area contributed by atoms with Crippen LogP contribution in [-0.2, 0) is 12.2 Å². The van der Waals surface area contributed by atoms with E-state index < -0.39 is 0 Å². The standard InChI is InChI=1S/C13H12ClN3S2/c1-2-11-15-13(17-16-11)18-7-10-12(14)8-5-3-4-6-9(8)19-10/h3-6H,2,7H2,1H3,(H,15,16,17). The first-order valence-electron chi connectivity index (χ1n) is 5.98. The van der Waals surface area contributed by atoms with Gasteiger partial charge >= 0.3 is 0 Å². The van der Waals surface area contributed by atoms with Crippen LogP contribution < -0.4 is 0 Å². The van der Waals surface area contributed by atoms with Gasteiger partial charge in [-0.2, -0.15) is 0 Å². The minimum atomic E-state index is 0.783. The predicted octanol–water partition coefficient (Wildman–Crippen LogP) is 4.53. The number of halogens is 1. The van der Waals surface area contributed by atoms with Crippen molar-refractivity contribution in [3.8, 4) is 0 Å². The number of thiophene rings is 1. The van der Waals surface area contributed by atoms with Crippen LogP contribution in [0.1, 0.15) is 17.6 Å². The number of H-pyrrole nitrogens is 1. The predicted molar refractivity (Wildman–Crippen MR) is 82.2 cm³/mol. The molecule has 0 saturated heterocycles. The third kappa shape index (κ3) is 2.63. The largest absolute Gasteiger partial charge is 0.262 e. The summed E-state index contributed by atoms with van der Waals surface area (Å²) in [5.74, 6) is 1.73. The SMILES string of the molecule is CCc1nc(SCc2sc3ccccc3c2Cl)n[nH]1. The van der Waals surface area contributed by atoms with Crippen LogP contribution in [0, 0.1) is 0 Å². The Hall–Kier alpha value is -1.04. The zero-order valence-corrected chi connectivity index (χ0v) is 12.7. The van der Waals surface area contributed by atoms with E-state index in [2.05, 4.69) is 34.2 Å². The maximum Gasteiger partial charge on any atom is 0.208 e. The Kier molecular flexibility index (Phi) is 3.77. The lowest BCUT2D eigenvalue weighted by molar-refractivity contribution is 0.941. The Morgan fingerprint density at radius 3 is 2.95 bits per heavy atom. The first kappa shape index (κ1) is 13.0. The molecular weight excluding hydrogens is 298 g/mol. The van der Waals surface area contributed by atoms with E-state index in [1.54, 1.807) is 23.1 Å². The molecule has 6 heteroatoms. The second-order valence-electron chi connectivity index (χ2n) is 4.04. The summed E-state index contributed by atoms with van der Waals surface area (Å²) in [7, 11) is 0. The summed E-state index contributed by atoms with van der Waals surface area (Å²) in [6.07, 6.45) is 0.872. The Morgan fingerprint density at radius 2 is 2.21 bits per heavy atom. The summed E-state index contributed by atoms with van der Waals surface area (Å²) in [6.45, 7) is 2.05. The van der Waals surface area contributed by atoms with Crippen molar-refractivity contribution in [3.63, 3.8) is 0 Å². The molecule has 1 aromatic carbocycles. The van der Waals surface area contributed by atoms with Gasteiger partial charge in [-0.25, -0.2) is 4.98 Å². The van der Waals surface area contributed by atoms with Crippen molar-refractivity contribution >= 4 is 44.8 Å². The van der Waals surface area contributed by atoms with Gasteiger partial charge in [-0.15, -0.1) is 16.4 Å². The summed E-state index contributed by atoms with van der Waals surface area (Å²) in [6, 6.07) is 8.21. The summed E-state index contributed by atoms with van der Waals surface area (Å²) >= 11 is 9.75. The average molecular weight is 310 g/mol. The van der Waals surface area contributed by atoms with E-state index in [0.29, 0.717) is 0 Å². The molecule has 0 aliphatic rings. The number of hydrogen-bond donors (Lipinski definition) is 1. The molecule has 3 nitrogen and oxygen atoms in total. The van der Waals surface area contributed by atoms with Gasteiger partial charge in [0.2, 0.25) is 5.16 Å². The third-order valence-electron chi connectivity index (χ3n) is 2.78. The van der Waals surface area contributed by atoms with Crippen molar-refractivity contribution in [2.45, 2.75) is 24.3 Å². The normalized spacial score (nSPS) is 11.3. The number of thioether (sulfide) groups is 1. The molecule has 0 spiro atoms. The molecule has 0 aliphatic carbocycles. The first-order chi connectivity index (χ1) is 9.28. The van der Waals surface area contributed by atoms with E-state index in [4.69, 9.17) is 11.6 Å². The highest BCUT2D eigenvalue weighted by atomic mass is 35.5. The number of benzene rings is 1. The summed E-state index contributed by atoms with van der Waals surface area (Å²) in [5, 5.41) is 9.87.